The molecular formula is C22H26N4O2S. The molecule has 3 aromatic rings. The van der Waals surface area contributed by atoms with Crippen molar-refractivity contribution in [3.05, 3.63) is 60.2 Å². The van der Waals surface area contributed by atoms with E-state index in [-0.39, 0.29) is 6.61 Å². The molecule has 0 bridgehead atoms. The van der Waals surface area contributed by atoms with E-state index in [1.807, 2.05) is 30.3 Å². The summed E-state index contributed by atoms with van der Waals surface area (Å²) in [6.45, 7) is 4.33. The lowest BCUT2D eigenvalue weighted by Gasteiger charge is -2.19. The molecule has 1 fully saturated rings. The van der Waals surface area contributed by atoms with Crippen molar-refractivity contribution in [2.75, 3.05) is 30.3 Å². The summed E-state index contributed by atoms with van der Waals surface area (Å²) in [5.41, 5.74) is 2.26. The Morgan fingerprint density at radius 1 is 1.03 bits per heavy atom. The van der Waals surface area contributed by atoms with Gasteiger partial charge in [-0.1, -0.05) is 47.7 Å². The SMILES string of the molecule is Cc1ccc(-n2c(SCC(O)COc3ccccc3)nnc2N2CCCC2)cc1. The number of anilines is 1. The topological polar surface area (TPSA) is 63.4 Å². The van der Waals surface area contributed by atoms with Gasteiger partial charge in [-0.15, -0.1) is 10.2 Å². The van der Waals surface area contributed by atoms with E-state index >= 15 is 0 Å². The molecular weight excluding hydrogens is 384 g/mol. The Bertz CT molecular complexity index is 908. The van der Waals surface area contributed by atoms with Crippen LogP contribution < -0.4 is 9.64 Å². The van der Waals surface area contributed by atoms with E-state index in [1.54, 1.807) is 0 Å². The number of aryl methyl sites for hydroxylation is 1. The summed E-state index contributed by atoms with van der Waals surface area (Å²) in [6.07, 6.45) is 1.76. The van der Waals surface area contributed by atoms with Crippen molar-refractivity contribution in [2.24, 2.45) is 0 Å². The highest BCUT2D eigenvalue weighted by atomic mass is 32.2. The Morgan fingerprint density at radius 3 is 2.48 bits per heavy atom. The van der Waals surface area contributed by atoms with Crippen LogP contribution in [0.15, 0.2) is 59.8 Å². The quantitative estimate of drug-likeness (QED) is 0.571. The highest BCUT2D eigenvalue weighted by molar-refractivity contribution is 7.99. The number of hydrogen-bond donors (Lipinski definition) is 1. The third-order valence-electron chi connectivity index (χ3n) is 4.89. The third-order valence-corrected chi connectivity index (χ3v) is 5.96. The van der Waals surface area contributed by atoms with Crippen molar-refractivity contribution >= 4 is 17.7 Å². The monoisotopic (exact) mass is 410 g/mol. The van der Waals surface area contributed by atoms with Crippen molar-refractivity contribution in [1.82, 2.24) is 14.8 Å². The molecule has 1 N–H and O–H groups in total. The molecule has 1 aliphatic rings. The largest absolute Gasteiger partial charge is 0.491 e. The molecule has 6 nitrogen and oxygen atoms in total. The van der Waals surface area contributed by atoms with E-state index < -0.39 is 6.10 Å². The molecule has 0 aliphatic carbocycles. The Hall–Kier alpha value is -2.51. The molecule has 0 saturated carbocycles. The third kappa shape index (κ3) is 4.92. The van der Waals surface area contributed by atoms with Gasteiger partial charge in [0.1, 0.15) is 12.4 Å². The molecule has 1 saturated heterocycles. The number of ether oxygens (including phenoxy) is 1. The first-order valence-electron chi connectivity index (χ1n) is 9.97. The van der Waals surface area contributed by atoms with Gasteiger partial charge in [0.15, 0.2) is 5.16 Å². The Morgan fingerprint density at radius 2 is 1.76 bits per heavy atom. The highest BCUT2D eigenvalue weighted by Gasteiger charge is 2.23. The summed E-state index contributed by atoms with van der Waals surface area (Å²) in [7, 11) is 0. The smallest absolute Gasteiger partial charge is 0.232 e. The van der Waals surface area contributed by atoms with E-state index in [4.69, 9.17) is 4.74 Å². The zero-order valence-corrected chi connectivity index (χ0v) is 17.4. The number of benzene rings is 2. The standard InChI is InChI=1S/C22H26N4O2S/c1-17-9-11-18(12-10-17)26-21(25-13-5-6-14-25)23-24-22(26)29-16-19(27)15-28-20-7-3-2-4-8-20/h2-4,7-12,19,27H,5-6,13-16H2,1H3. The summed E-state index contributed by atoms with van der Waals surface area (Å²) in [5.74, 6) is 2.12. The lowest BCUT2D eigenvalue weighted by Crippen LogP contribution is -2.22. The maximum atomic E-state index is 10.4. The number of aliphatic hydroxyl groups is 1. The molecule has 1 aromatic heterocycles. The Balaban J connectivity index is 1.47. The molecule has 0 amide bonds. The van der Waals surface area contributed by atoms with Crippen molar-refractivity contribution in [3.63, 3.8) is 0 Å². The molecule has 7 heteroatoms. The first kappa shape index (κ1) is 19.8. The first-order valence-corrected chi connectivity index (χ1v) is 11.0. The van der Waals surface area contributed by atoms with Crippen LogP contribution in [0.3, 0.4) is 0 Å². The van der Waals surface area contributed by atoms with Crippen molar-refractivity contribution in [1.29, 1.82) is 0 Å². The maximum Gasteiger partial charge on any atom is 0.232 e. The molecule has 1 unspecified atom stereocenters. The lowest BCUT2D eigenvalue weighted by molar-refractivity contribution is 0.126. The number of aliphatic hydroxyl groups excluding tert-OH is 1. The van der Waals surface area contributed by atoms with Gasteiger partial charge in [-0.05, 0) is 44.0 Å². The minimum atomic E-state index is -0.599. The van der Waals surface area contributed by atoms with Gasteiger partial charge >= 0.3 is 0 Å². The van der Waals surface area contributed by atoms with Crippen molar-refractivity contribution < 1.29 is 9.84 Å². The minimum absolute atomic E-state index is 0.245. The average Bonchev–Trinajstić information content (AvgIpc) is 3.42. The summed E-state index contributed by atoms with van der Waals surface area (Å²) < 4.78 is 7.75. The zero-order chi connectivity index (χ0) is 20.1. The van der Waals surface area contributed by atoms with Gasteiger partial charge in [-0.25, -0.2) is 0 Å². The second-order valence-corrected chi connectivity index (χ2v) is 8.22. The average molecular weight is 411 g/mol. The number of aromatic nitrogens is 3. The summed E-state index contributed by atoms with van der Waals surface area (Å²) in [5, 5.41) is 20.1. The molecule has 29 heavy (non-hydrogen) atoms. The van der Waals surface area contributed by atoms with Crippen LogP contribution in [-0.4, -0.2) is 51.4 Å². The predicted octanol–water partition coefficient (Wildman–Crippen LogP) is 3.71. The number of hydrogen-bond acceptors (Lipinski definition) is 6. The number of para-hydroxylation sites is 1. The van der Waals surface area contributed by atoms with Crippen LogP contribution in [0.25, 0.3) is 5.69 Å². The van der Waals surface area contributed by atoms with Gasteiger partial charge in [0.25, 0.3) is 0 Å². The molecule has 152 valence electrons. The van der Waals surface area contributed by atoms with Gasteiger partial charge in [-0.3, -0.25) is 4.57 Å². The van der Waals surface area contributed by atoms with Crippen LogP contribution in [-0.2, 0) is 0 Å². The molecule has 1 atom stereocenters. The molecule has 1 aliphatic heterocycles. The molecule has 2 aromatic carbocycles. The van der Waals surface area contributed by atoms with Crippen LogP contribution in [0.2, 0.25) is 0 Å². The van der Waals surface area contributed by atoms with Gasteiger partial charge in [0.2, 0.25) is 5.95 Å². The minimum Gasteiger partial charge on any atom is -0.491 e. The van der Waals surface area contributed by atoms with E-state index in [2.05, 4.69) is 50.9 Å². The fraction of sp³-hybridized carbons (Fsp3) is 0.364. The van der Waals surface area contributed by atoms with Crippen LogP contribution in [0.4, 0.5) is 5.95 Å². The summed E-state index contributed by atoms with van der Waals surface area (Å²) in [4.78, 5) is 2.28. The lowest BCUT2D eigenvalue weighted by atomic mass is 10.2. The number of thioether (sulfide) groups is 1. The van der Waals surface area contributed by atoms with Crippen LogP contribution >= 0.6 is 11.8 Å². The van der Waals surface area contributed by atoms with E-state index in [9.17, 15) is 5.11 Å². The van der Waals surface area contributed by atoms with Crippen LogP contribution in [0.1, 0.15) is 18.4 Å². The highest BCUT2D eigenvalue weighted by Crippen LogP contribution is 2.29. The normalized spacial score (nSPS) is 14.9. The van der Waals surface area contributed by atoms with E-state index in [0.29, 0.717) is 5.75 Å². The zero-order valence-electron chi connectivity index (χ0n) is 16.6. The fourth-order valence-electron chi connectivity index (χ4n) is 3.33. The van der Waals surface area contributed by atoms with Crippen molar-refractivity contribution in [3.8, 4) is 11.4 Å². The van der Waals surface area contributed by atoms with Gasteiger partial charge in [-0.2, -0.15) is 0 Å². The summed E-state index contributed by atoms with van der Waals surface area (Å²) >= 11 is 1.50. The first-order chi connectivity index (χ1) is 14.2. The predicted molar refractivity (Wildman–Crippen MR) is 116 cm³/mol. The van der Waals surface area contributed by atoms with Gasteiger partial charge in [0, 0.05) is 18.8 Å². The second-order valence-electron chi connectivity index (χ2n) is 7.24. The second kappa shape index (κ2) is 9.33. The number of nitrogens with zero attached hydrogens (tertiary/aromatic N) is 4. The molecule has 4 rings (SSSR count). The Labute approximate surface area is 175 Å². The Kier molecular flexibility index (Phi) is 6.36. The van der Waals surface area contributed by atoms with Gasteiger partial charge < -0.3 is 14.7 Å². The molecule has 2 heterocycles. The van der Waals surface area contributed by atoms with Crippen LogP contribution in [0.5, 0.6) is 5.75 Å². The van der Waals surface area contributed by atoms with Crippen LogP contribution in [0, 0.1) is 6.92 Å². The van der Waals surface area contributed by atoms with E-state index in [1.165, 1.54) is 30.2 Å². The molecule has 0 radical (unpaired) electrons. The fourth-order valence-corrected chi connectivity index (χ4v) is 4.18. The summed E-state index contributed by atoms with van der Waals surface area (Å²) in [6, 6.07) is 17.9. The van der Waals surface area contributed by atoms with E-state index in [0.717, 1.165) is 35.6 Å². The maximum absolute atomic E-state index is 10.4. The molecule has 0 spiro atoms. The number of rotatable bonds is 8. The van der Waals surface area contributed by atoms with Gasteiger partial charge in [0.05, 0.1) is 11.8 Å². The van der Waals surface area contributed by atoms with Crippen molar-refractivity contribution in [2.45, 2.75) is 31.0 Å².